The van der Waals surface area contributed by atoms with Gasteiger partial charge in [0.1, 0.15) is 0 Å². The highest BCUT2D eigenvalue weighted by molar-refractivity contribution is 5.95. The average molecular weight is 395 g/mol. The smallest absolute Gasteiger partial charge is 0.311 e. The van der Waals surface area contributed by atoms with Gasteiger partial charge in [-0.05, 0) is 42.5 Å². The van der Waals surface area contributed by atoms with Crippen LogP contribution < -0.4 is 4.74 Å². The molecular formula is C22H25N3O4. The first kappa shape index (κ1) is 19.4. The molecule has 0 aromatic heterocycles. The van der Waals surface area contributed by atoms with Gasteiger partial charge in [-0.25, -0.2) is 0 Å². The summed E-state index contributed by atoms with van der Waals surface area (Å²) in [6.45, 7) is 3.25. The van der Waals surface area contributed by atoms with Crippen molar-refractivity contribution in [1.82, 2.24) is 9.80 Å². The van der Waals surface area contributed by atoms with Gasteiger partial charge in [0.15, 0.2) is 5.75 Å². The number of likely N-dealkylation sites (tertiary alicyclic amines) is 1. The Hall–Kier alpha value is -2.93. The molecule has 4 rings (SSSR count). The zero-order valence-corrected chi connectivity index (χ0v) is 16.5. The fourth-order valence-corrected chi connectivity index (χ4v) is 4.41. The Morgan fingerprint density at radius 1 is 1.17 bits per heavy atom. The van der Waals surface area contributed by atoms with Gasteiger partial charge in [-0.3, -0.25) is 19.8 Å². The zero-order valence-electron chi connectivity index (χ0n) is 16.5. The van der Waals surface area contributed by atoms with Crippen LogP contribution in [0.4, 0.5) is 5.69 Å². The van der Waals surface area contributed by atoms with Gasteiger partial charge in [0.05, 0.1) is 12.0 Å². The van der Waals surface area contributed by atoms with Crippen LogP contribution in [0, 0.1) is 10.1 Å². The number of hydrogen-bond acceptors (Lipinski definition) is 5. The number of rotatable bonds is 4. The van der Waals surface area contributed by atoms with E-state index in [4.69, 9.17) is 4.74 Å². The molecular weight excluding hydrogens is 370 g/mol. The predicted molar refractivity (Wildman–Crippen MR) is 109 cm³/mol. The van der Waals surface area contributed by atoms with Gasteiger partial charge < -0.3 is 9.64 Å². The lowest BCUT2D eigenvalue weighted by Crippen LogP contribution is -2.51. The number of hydrogen-bond donors (Lipinski definition) is 0. The number of fused-ring (bicyclic) bond motifs is 1. The Kier molecular flexibility index (Phi) is 5.49. The van der Waals surface area contributed by atoms with E-state index in [9.17, 15) is 14.9 Å². The van der Waals surface area contributed by atoms with Crippen molar-refractivity contribution in [2.75, 3.05) is 26.7 Å². The molecule has 152 valence electrons. The van der Waals surface area contributed by atoms with Crippen molar-refractivity contribution in [2.24, 2.45) is 0 Å². The number of piperidine rings is 1. The maximum atomic E-state index is 13.0. The van der Waals surface area contributed by atoms with Crippen molar-refractivity contribution in [3.8, 4) is 5.75 Å². The Balaban J connectivity index is 1.48. The first-order valence-electron chi connectivity index (χ1n) is 9.99. The second-order valence-corrected chi connectivity index (χ2v) is 7.68. The topological polar surface area (TPSA) is 75.9 Å². The van der Waals surface area contributed by atoms with E-state index < -0.39 is 4.92 Å². The summed E-state index contributed by atoms with van der Waals surface area (Å²) in [5.74, 6) is 0.00733. The molecule has 1 amide bonds. The van der Waals surface area contributed by atoms with Gasteiger partial charge in [-0.15, -0.1) is 0 Å². The Morgan fingerprint density at radius 2 is 1.97 bits per heavy atom. The molecule has 2 aromatic rings. The number of carbonyl (C=O) groups excluding carboxylic acids is 1. The maximum Gasteiger partial charge on any atom is 0.311 e. The number of carbonyl (C=O) groups is 1. The largest absolute Gasteiger partial charge is 0.490 e. The summed E-state index contributed by atoms with van der Waals surface area (Å²) in [5.41, 5.74) is 2.94. The van der Waals surface area contributed by atoms with E-state index in [1.54, 1.807) is 6.07 Å². The quantitative estimate of drug-likeness (QED) is 0.587. The monoisotopic (exact) mass is 395 g/mol. The average Bonchev–Trinajstić information content (AvgIpc) is 2.77. The Morgan fingerprint density at radius 3 is 2.72 bits per heavy atom. The number of ether oxygens (including phenoxy) is 1. The molecule has 0 bridgehead atoms. The van der Waals surface area contributed by atoms with E-state index in [0.29, 0.717) is 24.7 Å². The number of benzene rings is 2. The second-order valence-electron chi connectivity index (χ2n) is 7.68. The van der Waals surface area contributed by atoms with E-state index in [0.717, 1.165) is 32.4 Å². The molecule has 0 radical (unpaired) electrons. The van der Waals surface area contributed by atoms with Gasteiger partial charge in [0.2, 0.25) is 0 Å². The minimum absolute atomic E-state index is 0.155. The van der Waals surface area contributed by atoms with E-state index >= 15 is 0 Å². The van der Waals surface area contributed by atoms with E-state index in [-0.39, 0.29) is 17.3 Å². The lowest BCUT2D eigenvalue weighted by molar-refractivity contribution is -0.385. The van der Waals surface area contributed by atoms with Crippen LogP contribution >= 0.6 is 0 Å². The summed E-state index contributed by atoms with van der Waals surface area (Å²) < 4.78 is 5.04. The highest BCUT2D eigenvalue weighted by Gasteiger charge is 2.31. The summed E-state index contributed by atoms with van der Waals surface area (Å²) in [7, 11) is 1.38. The summed E-state index contributed by atoms with van der Waals surface area (Å²) >= 11 is 0. The van der Waals surface area contributed by atoms with Crippen LogP contribution in [0.5, 0.6) is 5.75 Å². The van der Waals surface area contributed by atoms with Gasteiger partial charge >= 0.3 is 5.69 Å². The van der Waals surface area contributed by atoms with Crippen LogP contribution in [0.2, 0.25) is 0 Å². The number of nitrogens with zero attached hydrogens (tertiary/aromatic N) is 3. The molecule has 1 fully saturated rings. The van der Waals surface area contributed by atoms with Crippen molar-refractivity contribution < 1.29 is 14.5 Å². The van der Waals surface area contributed by atoms with Crippen LogP contribution in [-0.2, 0) is 13.0 Å². The van der Waals surface area contributed by atoms with Crippen LogP contribution in [0.25, 0.3) is 0 Å². The molecule has 2 aliphatic heterocycles. The normalized spacial score (nSPS) is 19.5. The Labute approximate surface area is 170 Å². The lowest BCUT2D eigenvalue weighted by atomic mass is 9.95. The fourth-order valence-electron chi connectivity index (χ4n) is 4.41. The van der Waals surface area contributed by atoms with Crippen molar-refractivity contribution in [3.63, 3.8) is 0 Å². The van der Waals surface area contributed by atoms with Crippen molar-refractivity contribution in [3.05, 3.63) is 69.3 Å². The Bertz CT molecular complexity index is 930. The minimum atomic E-state index is -0.514. The zero-order chi connectivity index (χ0) is 20.4. The molecule has 2 aromatic carbocycles. The summed E-state index contributed by atoms with van der Waals surface area (Å²) in [6, 6.07) is 13.3. The first-order chi connectivity index (χ1) is 14.1. The fraction of sp³-hybridized carbons (Fsp3) is 0.409. The van der Waals surface area contributed by atoms with Crippen LogP contribution in [0.1, 0.15) is 34.3 Å². The van der Waals surface area contributed by atoms with E-state index in [1.165, 1.54) is 30.4 Å². The van der Waals surface area contributed by atoms with Crippen molar-refractivity contribution in [2.45, 2.75) is 31.8 Å². The lowest BCUT2D eigenvalue weighted by Gasteiger charge is -2.41. The highest BCUT2D eigenvalue weighted by Crippen LogP contribution is 2.29. The van der Waals surface area contributed by atoms with E-state index in [1.807, 2.05) is 4.90 Å². The van der Waals surface area contributed by atoms with E-state index in [2.05, 4.69) is 29.2 Å². The summed E-state index contributed by atoms with van der Waals surface area (Å²) in [5, 5.41) is 11.3. The molecule has 0 spiro atoms. The number of methoxy groups -OCH3 is 1. The third-order valence-electron chi connectivity index (χ3n) is 5.98. The predicted octanol–water partition coefficient (Wildman–Crippen LogP) is 3.27. The molecule has 0 aliphatic carbocycles. The van der Waals surface area contributed by atoms with Crippen LogP contribution in [0.15, 0.2) is 42.5 Å². The third-order valence-corrected chi connectivity index (χ3v) is 5.98. The maximum absolute atomic E-state index is 13.0. The molecule has 1 atom stereocenters. The highest BCUT2D eigenvalue weighted by atomic mass is 16.6. The molecule has 2 aliphatic rings. The van der Waals surface area contributed by atoms with Gasteiger partial charge in [0, 0.05) is 43.9 Å². The van der Waals surface area contributed by atoms with Crippen LogP contribution in [0.3, 0.4) is 0 Å². The van der Waals surface area contributed by atoms with Crippen LogP contribution in [-0.4, -0.2) is 53.4 Å². The molecule has 2 heterocycles. The SMILES string of the molecule is COc1ccc(C(=O)N2CCC[C@@H](N3CCc4ccccc4C3)C2)cc1[N+](=O)[O-]. The summed E-state index contributed by atoms with van der Waals surface area (Å²) in [4.78, 5) is 28.1. The number of nitro groups is 1. The van der Waals surface area contributed by atoms with Crippen molar-refractivity contribution >= 4 is 11.6 Å². The molecule has 0 N–H and O–H groups in total. The third kappa shape index (κ3) is 3.96. The second kappa shape index (κ2) is 8.21. The molecule has 7 heteroatoms. The molecule has 0 saturated carbocycles. The van der Waals surface area contributed by atoms with Gasteiger partial charge in [0.25, 0.3) is 5.91 Å². The molecule has 0 unspecified atom stereocenters. The molecule has 1 saturated heterocycles. The van der Waals surface area contributed by atoms with Gasteiger partial charge in [-0.1, -0.05) is 24.3 Å². The van der Waals surface area contributed by atoms with Crippen molar-refractivity contribution in [1.29, 1.82) is 0 Å². The first-order valence-corrected chi connectivity index (χ1v) is 9.99. The minimum Gasteiger partial charge on any atom is -0.490 e. The molecule has 7 nitrogen and oxygen atoms in total. The standard InChI is InChI=1S/C22H25N3O4/c1-29-21-9-8-17(13-20(21)25(27)28)22(26)24-11-4-7-19(15-24)23-12-10-16-5-2-3-6-18(16)14-23/h2-3,5-6,8-9,13,19H,4,7,10-12,14-15H2,1H3/t19-/m1/s1. The van der Waals surface area contributed by atoms with Gasteiger partial charge in [-0.2, -0.15) is 0 Å². The number of amides is 1. The number of nitro benzene ring substituents is 1. The molecule has 29 heavy (non-hydrogen) atoms. The summed E-state index contributed by atoms with van der Waals surface area (Å²) in [6.07, 6.45) is 3.03.